The lowest BCUT2D eigenvalue weighted by atomic mass is 10.0. The predicted molar refractivity (Wildman–Crippen MR) is 182 cm³/mol. The third kappa shape index (κ3) is 9.11. The monoisotopic (exact) mass is 661 g/mol. The summed E-state index contributed by atoms with van der Waals surface area (Å²) in [5.41, 5.74) is 1.89. The van der Waals surface area contributed by atoms with Crippen molar-refractivity contribution in [2.45, 2.75) is 57.1 Å². The Labute approximate surface area is 277 Å². The summed E-state index contributed by atoms with van der Waals surface area (Å²) in [6, 6.07) is 29.9. The molecule has 2 atom stereocenters. The van der Waals surface area contributed by atoms with Crippen molar-refractivity contribution in [1.29, 1.82) is 0 Å². The van der Waals surface area contributed by atoms with Gasteiger partial charge in [-0.15, -0.1) is 0 Å². The molecule has 1 N–H and O–H groups in total. The van der Waals surface area contributed by atoms with E-state index in [1.54, 1.807) is 66.7 Å². The number of ether oxygens (including phenoxy) is 1. The molecule has 0 bridgehead atoms. The fourth-order valence-electron chi connectivity index (χ4n) is 4.91. The highest BCUT2D eigenvalue weighted by molar-refractivity contribution is 7.92. The molecule has 10 heteroatoms. The summed E-state index contributed by atoms with van der Waals surface area (Å²) in [6.45, 7) is 5.70. The van der Waals surface area contributed by atoms with Crippen molar-refractivity contribution in [2.75, 3.05) is 17.5 Å². The molecule has 0 aliphatic heterocycles. The SMILES string of the molecule is CCOc1ccc(N(CC(=O)N(Cc2ccc(Cl)cc2)[C@@H](Cc2ccccc2)C(=O)N[C@@H](C)CC)S(=O)(=O)c2ccccc2)cc1. The largest absolute Gasteiger partial charge is 0.494 e. The Morgan fingerprint density at radius 2 is 1.43 bits per heavy atom. The highest BCUT2D eigenvalue weighted by atomic mass is 35.5. The number of rotatable bonds is 15. The molecule has 0 fully saturated rings. The van der Waals surface area contributed by atoms with E-state index in [1.807, 2.05) is 51.1 Å². The molecule has 0 heterocycles. The maximum atomic E-state index is 14.5. The lowest BCUT2D eigenvalue weighted by Crippen LogP contribution is -2.54. The minimum atomic E-state index is -4.19. The standard InChI is InChI=1S/C36H40ClN3O5S/c1-4-27(3)38-36(42)34(24-28-12-8-6-9-13-28)39(25-29-16-18-30(37)19-17-29)35(41)26-40(31-20-22-32(23-21-31)45-5-2)46(43,44)33-14-10-7-11-15-33/h6-23,27,34H,4-5,24-26H2,1-3H3,(H,38,42)/t27-,34-/m0/s1. The Morgan fingerprint density at radius 3 is 2.02 bits per heavy atom. The number of benzene rings is 4. The van der Waals surface area contributed by atoms with Crippen LogP contribution in [0.15, 0.2) is 114 Å². The fraction of sp³-hybridized carbons (Fsp3) is 0.278. The molecule has 8 nitrogen and oxygen atoms in total. The van der Waals surface area contributed by atoms with Crippen molar-refractivity contribution in [3.8, 4) is 5.75 Å². The smallest absolute Gasteiger partial charge is 0.264 e. The first kappa shape index (κ1) is 34.5. The molecule has 0 saturated heterocycles. The Morgan fingerprint density at radius 1 is 0.826 bits per heavy atom. The summed E-state index contributed by atoms with van der Waals surface area (Å²) in [4.78, 5) is 29.9. The molecule has 4 aromatic carbocycles. The van der Waals surface area contributed by atoms with Crippen LogP contribution in [0.25, 0.3) is 0 Å². The van der Waals surface area contributed by atoms with E-state index in [2.05, 4.69) is 5.32 Å². The van der Waals surface area contributed by atoms with Gasteiger partial charge in [-0.05, 0) is 79.9 Å². The topological polar surface area (TPSA) is 96.0 Å². The molecular formula is C36H40ClN3O5S. The molecule has 0 aromatic heterocycles. The van der Waals surface area contributed by atoms with E-state index in [0.717, 1.165) is 15.4 Å². The van der Waals surface area contributed by atoms with Crippen LogP contribution in [0.2, 0.25) is 5.02 Å². The van der Waals surface area contributed by atoms with Crippen molar-refractivity contribution in [3.63, 3.8) is 0 Å². The summed E-state index contributed by atoms with van der Waals surface area (Å²) in [7, 11) is -4.19. The number of sulfonamides is 1. The van der Waals surface area contributed by atoms with E-state index in [0.29, 0.717) is 23.8 Å². The minimum absolute atomic E-state index is 0.0382. The van der Waals surface area contributed by atoms with Crippen LogP contribution in [0, 0.1) is 0 Å². The number of nitrogens with zero attached hydrogens (tertiary/aromatic N) is 2. The summed E-state index contributed by atoms with van der Waals surface area (Å²) in [5, 5.41) is 3.57. The van der Waals surface area contributed by atoms with Gasteiger partial charge in [0.2, 0.25) is 11.8 Å². The van der Waals surface area contributed by atoms with Gasteiger partial charge in [0, 0.05) is 24.0 Å². The van der Waals surface area contributed by atoms with E-state index < -0.39 is 28.5 Å². The van der Waals surface area contributed by atoms with Crippen LogP contribution in [0.5, 0.6) is 5.75 Å². The van der Waals surface area contributed by atoms with E-state index in [-0.39, 0.29) is 35.5 Å². The third-order valence-electron chi connectivity index (χ3n) is 7.58. The van der Waals surface area contributed by atoms with E-state index >= 15 is 0 Å². The van der Waals surface area contributed by atoms with E-state index in [1.165, 1.54) is 17.0 Å². The number of hydrogen-bond acceptors (Lipinski definition) is 5. The summed E-state index contributed by atoms with van der Waals surface area (Å²) in [6.07, 6.45) is 0.937. The van der Waals surface area contributed by atoms with Crippen molar-refractivity contribution < 1.29 is 22.7 Å². The molecule has 242 valence electrons. The molecular weight excluding hydrogens is 622 g/mol. The average Bonchev–Trinajstić information content (AvgIpc) is 3.07. The number of carbonyl (C=O) groups is 2. The lowest BCUT2D eigenvalue weighted by molar-refractivity contribution is -0.140. The van der Waals surface area contributed by atoms with Crippen LogP contribution in [0.3, 0.4) is 0 Å². The van der Waals surface area contributed by atoms with Gasteiger partial charge < -0.3 is 15.0 Å². The molecule has 0 spiro atoms. The maximum Gasteiger partial charge on any atom is 0.264 e. The summed E-state index contributed by atoms with van der Waals surface area (Å²) < 4.78 is 34.9. The first-order chi connectivity index (χ1) is 22.1. The number of carbonyl (C=O) groups excluding carboxylic acids is 2. The molecule has 4 aromatic rings. The van der Waals surface area contributed by atoms with Gasteiger partial charge in [-0.3, -0.25) is 13.9 Å². The van der Waals surface area contributed by atoms with Crippen molar-refractivity contribution in [3.05, 3.63) is 125 Å². The summed E-state index contributed by atoms with van der Waals surface area (Å²) in [5.74, 6) is -0.286. The molecule has 0 saturated carbocycles. The highest BCUT2D eigenvalue weighted by Crippen LogP contribution is 2.27. The molecule has 0 radical (unpaired) electrons. The second-order valence-corrected chi connectivity index (χ2v) is 13.2. The Hall–Kier alpha value is -4.34. The van der Waals surface area contributed by atoms with Gasteiger partial charge in [-0.25, -0.2) is 8.42 Å². The summed E-state index contributed by atoms with van der Waals surface area (Å²) >= 11 is 6.15. The van der Waals surface area contributed by atoms with E-state index in [4.69, 9.17) is 16.3 Å². The zero-order valence-corrected chi connectivity index (χ0v) is 27.9. The Balaban J connectivity index is 1.79. The van der Waals surface area contributed by atoms with Crippen LogP contribution < -0.4 is 14.4 Å². The first-order valence-corrected chi connectivity index (χ1v) is 17.1. The number of hydrogen-bond donors (Lipinski definition) is 1. The molecule has 0 aliphatic rings. The van der Waals surface area contributed by atoms with Crippen LogP contribution in [0.1, 0.15) is 38.3 Å². The molecule has 4 rings (SSSR count). The van der Waals surface area contributed by atoms with Crippen molar-refractivity contribution in [2.24, 2.45) is 0 Å². The quantitative estimate of drug-likeness (QED) is 0.157. The first-order valence-electron chi connectivity index (χ1n) is 15.3. The molecule has 0 aliphatic carbocycles. The zero-order chi connectivity index (χ0) is 33.1. The van der Waals surface area contributed by atoms with Crippen LogP contribution >= 0.6 is 11.6 Å². The second-order valence-electron chi connectivity index (χ2n) is 10.9. The van der Waals surface area contributed by atoms with Gasteiger partial charge in [-0.2, -0.15) is 0 Å². The van der Waals surface area contributed by atoms with Gasteiger partial charge in [0.05, 0.1) is 17.2 Å². The lowest BCUT2D eigenvalue weighted by Gasteiger charge is -2.34. The molecule has 46 heavy (non-hydrogen) atoms. The maximum absolute atomic E-state index is 14.5. The predicted octanol–water partition coefficient (Wildman–Crippen LogP) is 6.49. The average molecular weight is 662 g/mol. The Kier molecular flexibility index (Phi) is 12.2. The minimum Gasteiger partial charge on any atom is -0.494 e. The number of halogens is 1. The van der Waals surface area contributed by atoms with Crippen molar-refractivity contribution in [1.82, 2.24) is 10.2 Å². The number of anilines is 1. The zero-order valence-electron chi connectivity index (χ0n) is 26.3. The van der Waals surface area contributed by atoms with Gasteiger partial charge in [0.1, 0.15) is 18.3 Å². The Bertz CT molecular complexity index is 1670. The number of amides is 2. The van der Waals surface area contributed by atoms with Gasteiger partial charge in [0.15, 0.2) is 0 Å². The van der Waals surface area contributed by atoms with Crippen LogP contribution in [-0.4, -0.2) is 50.4 Å². The fourth-order valence-corrected chi connectivity index (χ4v) is 6.47. The third-order valence-corrected chi connectivity index (χ3v) is 9.62. The second kappa shape index (κ2) is 16.3. The molecule has 2 amide bonds. The van der Waals surface area contributed by atoms with Crippen LogP contribution in [-0.2, 0) is 32.6 Å². The highest BCUT2D eigenvalue weighted by Gasteiger charge is 2.35. The molecule has 0 unspecified atom stereocenters. The van der Waals surface area contributed by atoms with Crippen molar-refractivity contribution >= 4 is 39.1 Å². The van der Waals surface area contributed by atoms with Gasteiger partial charge >= 0.3 is 0 Å². The normalized spacial score (nSPS) is 12.5. The number of nitrogens with one attached hydrogen (secondary N) is 1. The van der Waals surface area contributed by atoms with Crippen LogP contribution in [0.4, 0.5) is 5.69 Å². The van der Waals surface area contributed by atoms with Gasteiger partial charge in [0.25, 0.3) is 10.0 Å². The van der Waals surface area contributed by atoms with E-state index in [9.17, 15) is 18.0 Å². The van der Waals surface area contributed by atoms with Gasteiger partial charge in [-0.1, -0.05) is 79.2 Å².